The van der Waals surface area contributed by atoms with Crippen LogP contribution in [0.1, 0.15) is 52.9 Å². The third kappa shape index (κ3) is 3.32. The Morgan fingerprint density at radius 3 is 2.58 bits per heavy atom. The molecule has 2 aliphatic rings. The predicted octanol–water partition coefficient (Wildman–Crippen LogP) is 2.65. The highest BCUT2D eigenvalue weighted by atomic mass is 16.5. The van der Waals surface area contributed by atoms with Crippen LogP contribution in [0.25, 0.3) is 0 Å². The lowest BCUT2D eigenvalue weighted by Gasteiger charge is -2.49. The van der Waals surface area contributed by atoms with Gasteiger partial charge in [0, 0.05) is 38.8 Å². The molecule has 0 spiro atoms. The molecule has 1 saturated heterocycles. The molecule has 0 aromatic rings. The van der Waals surface area contributed by atoms with Crippen molar-refractivity contribution >= 4 is 0 Å². The number of ether oxygens (including phenoxy) is 1. The first kappa shape index (κ1) is 15.3. The number of piperazine rings is 1. The maximum Gasteiger partial charge on any atom is 0.0805 e. The lowest BCUT2D eigenvalue weighted by atomic mass is 9.79. The summed E-state index contributed by atoms with van der Waals surface area (Å²) in [6.07, 6.45) is 6.33. The molecule has 0 bridgehead atoms. The monoisotopic (exact) mass is 268 g/mol. The van der Waals surface area contributed by atoms with Gasteiger partial charge in [-0.15, -0.1) is 0 Å². The topological polar surface area (TPSA) is 24.5 Å². The van der Waals surface area contributed by atoms with Crippen molar-refractivity contribution in [2.75, 3.05) is 26.7 Å². The van der Waals surface area contributed by atoms with Crippen LogP contribution in [0.4, 0.5) is 0 Å². The van der Waals surface area contributed by atoms with E-state index >= 15 is 0 Å². The zero-order valence-electron chi connectivity index (χ0n) is 13.2. The van der Waals surface area contributed by atoms with Crippen LogP contribution in [-0.4, -0.2) is 49.3 Å². The Kier molecular flexibility index (Phi) is 5.27. The molecular formula is C16H32N2O. The summed E-state index contributed by atoms with van der Waals surface area (Å²) in [5.41, 5.74) is 0.171. The zero-order chi connectivity index (χ0) is 13.9. The van der Waals surface area contributed by atoms with Gasteiger partial charge >= 0.3 is 0 Å². The Bertz CT molecular complexity index is 272. The minimum Gasteiger partial charge on any atom is -0.377 e. The van der Waals surface area contributed by atoms with Crippen molar-refractivity contribution in [1.29, 1.82) is 0 Å². The van der Waals surface area contributed by atoms with Gasteiger partial charge in [0.15, 0.2) is 0 Å². The molecule has 1 aliphatic carbocycles. The van der Waals surface area contributed by atoms with Gasteiger partial charge in [-0.2, -0.15) is 0 Å². The Morgan fingerprint density at radius 2 is 2.11 bits per heavy atom. The standard InChI is InChI=1S/C16H32N2O/c1-5-13(3)15-11-18(14(6-2)10-17-15)12-16(19-4)8-7-9-16/h13-15,17H,5-12H2,1-4H3. The van der Waals surface area contributed by atoms with E-state index in [1.807, 2.05) is 7.11 Å². The van der Waals surface area contributed by atoms with Crippen molar-refractivity contribution in [3.63, 3.8) is 0 Å². The van der Waals surface area contributed by atoms with Crippen LogP contribution in [0.3, 0.4) is 0 Å². The van der Waals surface area contributed by atoms with Crippen LogP contribution < -0.4 is 5.32 Å². The van der Waals surface area contributed by atoms with Crippen LogP contribution in [0.5, 0.6) is 0 Å². The largest absolute Gasteiger partial charge is 0.377 e. The SMILES string of the molecule is CCC(C)C1CN(CC2(OC)CCC2)C(CC)CN1. The van der Waals surface area contributed by atoms with Crippen molar-refractivity contribution in [2.24, 2.45) is 5.92 Å². The molecule has 2 fully saturated rings. The maximum absolute atomic E-state index is 5.83. The average molecular weight is 268 g/mol. The summed E-state index contributed by atoms with van der Waals surface area (Å²) in [6.45, 7) is 10.5. The first-order chi connectivity index (χ1) is 9.14. The van der Waals surface area contributed by atoms with Crippen LogP contribution in [0.15, 0.2) is 0 Å². The van der Waals surface area contributed by atoms with Gasteiger partial charge in [-0.25, -0.2) is 0 Å². The Morgan fingerprint density at radius 1 is 1.37 bits per heavy atom. The maximum atomic E-state index is 5.83. The molecule has 112 valence electrons. The zero-order valence-corrected chi connectivity index (χ0v) is 13.2. The molecule has 3 nitrogen and oxygen atoms in total. The number of rotatable bonds is 6. The van der Waals surface area contributed by atoms with Crippen molar-refractivity contribution in [3.8, 4) is 0 Å². The molecule has 3 unspecified atom stereocenters. The second-order valence-corrected chi connectivity index (χ2v) is 6.63. The fourth-order valence-corrected chi connectivity index (χ4v) is 3.51. The molecule has 0 radical (unpaired) electrons. The molecule has 3 atom stereocenters. The number of methoxy groups -OCH3 is 1. The molecule has 1 aliphatic heterocycles. The first-order valence-corrected chi connectivity index (χ1v) is 8.16. The van der Waals surface area contributed by atoms with E-state index in [0.717, 1.165) is 19.0 Å². The summed E-state index contributed by atoms with van der Waals surface area (Å²) in [6, 6.07) is 1.34. The van der Waals surface area contributed by atoms with Gasteiger partial charge in [-0.1, -0.05) is 27.2 Å². The second kappa shape index (κ2) is 6.55. The van der Waals surface area contributed by atoms with E-state index in [0.29, 0.717) is 12.1 Å². The summed E-state index contributed by atoms with van der Waals surface area (Å²) in [5, 5.41) is 3.76. The number of hydrogen-bond acceptors (Lipinski definition) is 3. The average Bonchev–Trinajstić information content (AvgIpc) is 2.41. The first-order valence-electron chi connectivity index (χ1n) is 8.16. The van der Waals surface area contributed by atoms with E-state index in [2.05, 4.69) is 31.0 Å². The van der Waals surface area contributed by atoms with E-state index in [1.165, 1.54) is 38.6 Å². The molecule has 1 saturated carbocycles. The molecule has 0 aromatic carbocycles. The molecular weight excluding hydrogens is 236 g/mol. The molecule has 0 amide bonds. The minimum atomic E-state index is 0.171. The molecule has 2 rings (SSSR count). The van der Waals surface area contributed by atoms with Gasteiger partial charge < -0.3 is 10.1 Å². The third-order valence-electron chi connectivity index (χ3n) is 5.55. The molecule has 1 heterocycles. The van der Waals surface area contributed by atoms with Crippen molar-refractivity contribution in [2.45, 2.75) is 70.6 Å². The number of hydrogen-bond donors (Lipinski definition) is 1. The summed E-state index contributed by atoms with van der Waals surface area (Å²) in [4.78, 5) is 2.70. The fourth-order valence-electron chi connectivity index (χ4n) is 3.51. The van der Waals surface area contributed by atoms with Crippen molar-refractivity contribution in [1.82, 2.24) is 10.2 Å². The highest BCUT2D eigenvalue weighted by Crippen LogP contribution is 2.36. The van der Waals surface area contributed by atoms with Gasteiger partial charge in [-0.05, 0) is 31.6 Å². The smallest absolute Gasteiger partial charge is 0.0805 e. The van der Waals surface area contributed by atoms with Crippen LogP contribution in [-0.2, 0) is 4.74 Å². The van der Waals surface area contributed by atoms with Crippen LogP contribution in [0, 0.1) is 5.92 Å². The molecule has 19 heavy (non-hydrogen) atoms. The highest BCUT2D eigenvalue weighted by molar-refractivity contribution is 4.97. The van der Waals surface area contributed by atoms with E-state index in [1.54, 1.807) is 0 Å². The summed E-state index contributed by atoms with van der Waals surface area (Å²) in [7, 11) is 1.90. The lowest BCUT2D eigenvalue weighted by molar-refractivity contribution is -0.103. The third-order valence-corrected chi connectivity index (χ3v) is 5.55. The summed E-state index contributed by atoms with van der Waals surface area (Å²) < 4.78 is 5.83. The quantitative estimate of drug-likeness (QED) is 0.801. The van der Waals surface area contributed by atoms with Gasteiger partial charge in [-0.3, -0.25) is 4.90 Å². The molecule has 0 aromatic heterocycles. The van der Waals surface area contributed by atoms with Gasteiger partial charge in [0.05, 0.1) is 5.60 Å². The van der Waals surface area contributed by atoms with Crippen LogP contribution in [0.2, 0.25) is 0 Å². The normalized spacial score (nSPS) is 32.8. The minimum absolute atomic E-state index is 0.171. The summed E-state index contributed by atoms with van der Waals surface area (Å²) >= 11 is 0. The number of nitrogens with one attached hydrogen (secondary N) is 1. The van der Waals surface area contributed by atoms with E-state index in [9.17, 15) is 0 Å². The Labute approximate surface area is 119 Å². The van der Waals surface area contributed by atoms with E-state index < -0.39 is 0 Å². The van der Waals surface area contributed by atoms with Gasteiger partial charge in [0.1, 0.15) is 0 Å². The Hall–Kier alpha value is -0.120. The van der Waals surface area contributed by atoms with Crippen LogP contribution >= 0.6 is 0 Å². The second-order valence-electron chi connectivity index (χ2n) is 6.63. The Balaban J connectivity index is 1.97. The van der Waals surface area contributed by atoms with Gasteiger partial charge in [0.2, 0.25) is 0 Å². The van der Waals surface area contributed by atoms with Gasteiger partial charge in [0.25, 0.3) is 0 Å². The van der Waals surface area contributed by atoms with Crippen molar-refractivity contribution < 1.29 is 4.74 Å². The van der Waals surface area contributed by atoms with E-state index in [-0.39, 0.29) is 5.60 Å². The van der Waals surface area contributed by atoms with E-state index in [4.69, 9.17) is 4.74 Å². The lowest BCUT2D eigenvalue weighted by Crippen LogP contribution is -2.62. The predicted molar refractivity (Wildman–Crippen MR) is 80.5 cm³/mol. The molecule has 1 N–H and O–H groups in total. The highest BCUT2D eigenvalue weighted by Gasteiger charge is 2.41. The molecule has 3 heteroatoms. The summed E-state index contributed by atoms with van der Waals surface area (Å²) in [5.74, 6) is 0.764. The fraction of sp³-hybridized carbons (Fsp3) is 1.00. The number of nitrogens with zero attached hydrogens (tertiary/aromatic N) is 1. The van der Waals surface area contributed by atoms with Crippen molar-refractivity contribution in [3.05, 3.63) is 0 Å².